The third kappa shape index (κ3) is 17.6. The highest BCUT2D eigenvalue weighted by molar-refractivity contribution is 9.09. The van der Waals surface area contributed by atoms with Crippen LogP contribution in [0.4, 0.5) is 0 Å². The van der Waals surface area contributed by atoms with E-state index in [-0.39, 0.29) is 0 Å². The van der Waals surface area contributed by atoms with Crippen LogP contribution in [0.2, 0.25) is 0 Å². The molecule has 0 saturated carbocycles. The second-order valence-corrected chi connectivity index (χ2v) is 21.1. The molecule has 0 atom stereocenters. The number of rotatable bonds is 34. The van der Waals surface area contributed by atoms with E-state index in [9.17, 15) is 0 Å². The van der Waals surface area contributed by atoms with Gasteiger partial charge in [0.25, 0.3) is 0 Å². The summed E-state index contributed by atoms with van der Waals surface area (Å²) >= 11 is 11.8. The molecule has 0 aromatic carbocycles. The summed E-state index contributed by atoms with van der Waals surface area (Å²) in [5, 5.41) is 6.00. The van der Waals surface area contributed by atoms with E-state index in [0.717, 1.165) is 5.33 Å². The predicted octanol–water partition coefficient (Wildman–Crippen LogP) is 19.7. The Labute approximate surface area is 363 Å². The van der Waals surface area contributed by atoms with Gasteiger partial charge in [0.15, 0.2) is 0 Å². The highest BCUT2D eigenvalue weighted by Gasteiger charge is 2.20. The summed E-state index contributed by atoms with van der Waals surface area (Å²) in [7, 11) is 0. The fourth-order valence-corrected chi connectivity index (χ4v) is 13.2. The molecule has 55 heavy (non-hydrogen) atoms. The van der Waals surface area contributed by atoms with Crippen LogP contribution in [0.15, 0.2) is 35.0 Å². The Morgan fingerprint density at radius 3 is 1.33 bits per heavy atom. The van der Waals surface area contributed by atoms with E-state index in [1.807, 2.05) is 22.7 Å². The maximum Gasteiger partial charge on any atom is 0.0481 e. The molecule has 4 aromatic heterocycles. The van der Waals surface area contributed by atoms with Gasteiger partial charge in [0.2, 0.25) is 0 Å². The molecule has 0 aliphatic carbocycles. The van der Waals surface area contributed by atoms with Gasteiger partial charge in [-0.2, -0.15) is 0 Å². The first kappa shape index (κ1) is 47.0. The van der Waals surface area contributed by atoms with Crippen molar-refractivity contribution in [3.8, 4) is 29.3 Å². The second kappa shape index (κ2) is 29.5. The fourth-order valence-electron chi connectivity index (χ4n) is 8.02. The Kier molecular flexibility index (Phi) is 25.2. The lowest BCUT2D eigenvalue weighted by molar-refractivity contribution is 0.577. The zero-order valence-electron chi connectivity index (χ0n) is 35.4. The van der Waals surface area contributed by atoms with E-state index in [4.69, 9.17) is 0 Å². The summed E-state index contributed by atoms with van der Waals surface area (Å²) in [5.74, 6) is 0. The van der Waals surface area contributed by atoms with Crippen LogP contribution >= 0.6 is 61.3 Å². The van der Waals surface area contributed by atoms with Crippen LogP contribution in [0.25, 0.3) is 29.3 Å². The minimum Gasteiger partial charge on any atom is -0.143 e. The van der Waals surface area contributed by atoms with Crippen molar-refractivity contribution in [2.24, 2.45) is 0 Å². The van der Waals surface area contributed by atoms with E-state index in [0.29, 0.717) is 0 Å². The van der Waals surface area contributed by atoms with E-state index in [1.165, 1.54) is 207 Å². The van der Waals surface area contributed by atoms with Crippen molar-refractivity contribution in [1.82, 2.24) is 0 Å². The lowest BCUT2D eigenvalue weighted by atomic mass is 10.0. The summed E-state index contributed by atoms with van der Waals surface area (Å²) in [6.45, 7) is 6.97. The zero-order valence-corrected chi connectivity index (χ0v) is 40.2. The average molecular weight is 886 g/mol. The van der Waals surface area contributed by atoms with Crippen LogP contribution in [0, 0.1) is 0 Å². The standard InChI is InChI=1S/C50H77BrS4/c1-4-7-10-13-20-25-30-41-37-45(53-40-41)49-43(32-27-21-14-11-8-5-2)39-47(55-49)50-44(33-28-22-15-12-9-6-3)38-46(54-50)48-42(34-36-52-48)31-26-23-18-16-17-19-24-29-35-51/h34,36-40H,4-33,35H2,1-3H3. The Morgan fingerprint density at radius 2 is 0.818 bits per heavy atom. The first-order valence-corrected chi connectivity index (χ1v) is 27.7. The van der Waals surface area contributed by atoms with Crippen LogP contribution in [-0.2, 0) is 25.7 Å². The van der Waals surface area contributed by atoms with Gasteiger partial charge in [-0.05, 0) is 115 Å². The molecule has 0 bridgehead atoms. The smallest absolute Gasteiger partial charge is 0.0481 e. The molecular formula is C50H77BrS4. The van der Waals surface area contributed by atoms with Crippen LogP contribution in [0.1, 0.15) is 210 Å². The number of alkyl halides is 1. The van der Waals surface area contributed by atoms with Gasteiger partial charge in [-0.15, -0.1) is 45.3 Å². The van der Waals surface area contributed by atoms with E-state index >= 15 is 0 Å². The number of thiophene rings is 4. The normalized spacial score (nSPS) is 11.7. The van der Waals surface area contributed by atoms with Crippen LogP contribution < -0.4 is 0 Å². The molecular weight excluding hydrogens is 809 g/mol. The lowest BCUT2D eigenvalue weighted by Gasteiger charge is -2.04. The molecule has 0 aliphatic heterocycles. The van der Waals surface area contributed by atoms with E-state index < -0.39 is 0 Å². The van der Waals surface area contributed by atoms with Crippen LogP contribution in [0.3, 0.4) is 0 Å². The number of aryl methyl sites for hydroxylation is 4. The third-order valence-electron chi connectivity index (χ3n) is 11.4. The molecule has 0 fully saturated rings. The van der Waals surface area contributed by atoms with Gasteiger partial charge in [-0.1, -0.05) is 172 Å². The maximum absolute atomic E-state index is 3.58. The Balaban J connectivity index is 1.52. The monoisotopic (exact) mass is 884 g/mol. The van der Waals surface area contributed by atoms with Crippen molar-refractivity contribution in [2.45, 2.75) is 213 Å². The fraction of sp³-hybridized carbons (Fsp3) is 0.680. The van der Waals surface area contributed by atoms with Crippen molar-refractivity contribution in [1.29, 1.82) is 0 Å². The van der Waals surface area contributed by atoms with Gasteiger partial charge in [-0.3, -0.25) is 0 Å². The van der Waals surface area contributed by atoms with Crippen molar-refractivity contribution >= 4 is 61.3 Å². The molecule has 0 nitrogen and oxygen atoms in total. The Bertz CT molecular complexity index is 1520. The van der Waals surface area contributed by atoms with Gasteiger partial charge in [0, 0.05) is 34.6 Å². The summed E-state index contributed by atoms with van der Waals surface area (Å²) in [4.78, 5) is 9.28. The molecule has 0 saturated heterocycles. The van der Waals surface area contributed by atoms with Gasteiger partial charge in [0.1, 0.15) is 0 Å². The molecule has 0 aliphatic rings. The van der Waals surface area contributed by atoms with Gasteiger partial charge < -0.3 is 0 Å². The maximum atomic E-state index is 3.58. The molecule has 4 aromatic rings. The largest absolute Gasteiger partial charge is 0.143 e. The molecule has 4 heterocycles. The summed E-state index contributed by atoms with van der Waals surface area (Å²) in [6, 6.07) is 10.3. The lowest BCUT2D eigenvalue weighted by Crippen LogP contribution is -1.87. The third-order valence-corrected chi connectivity index (χ3v) is 16.8. The number of halogens is 1. The average Bonchev–Trinajstić information content (AvgIpc) is 4.02. The summed E-state index contributed by atoms with van der Waals surface area (Å²) in [5.41, 5.74) is 6.38. The SMILES string of the molecule is CCCCCCCCc1csc(-c2sc(-c3sc(-c4sccc4CCCCCCCCCCBr)cc3CCCCCCCC)cc2CCCCCCCC)c1. The van der Waals surface area contributed by atoms with Gasteiger partial charge in [-0.25, -0.2) is 0 Å². The quantitative estimate of drug-likeness (QED) is 0.0324. The van der Waals surface area contributed by atoms with Crippen molar-refractivity contribution in [3.05, 3.63) is 57.3 Å². The summed E-state index contributed by atoms with van der Waals surface area (Å²) < 4.78 is 0. The van der Waals surface area contributed by atoms with Crippen molar-refractivity contribution in [3.63, 3.8) is 0 Å². The second-order valence-electron chi connectivity index (χ2n) is 16.3. The van der Waals surface area contributed by atoms with E-state index in [1.54, 1.807) is 36.9 Å². The van der Waals surface area contributed by atoms with E-state index in [2.05, 4.69) is 94.4 Å². The predicted molar refractivity (Wildman–Crippen MR) is 260 cm³/mol. The Hall–Kier alpha value is -0.720. The molecule has 4 rings (SSSR count). The topological polar surface area (TPSA) is 0 Å². The van der Waals surface area contributed by atoms with Crippen molar-refractivity contribution < 1.29 is 0 Å². The van der Waals surface area contributed by atoms with Gasteiger partial charge >= 0.3 is 0 Å². The minimum absolute atomic E-state index is 1.16. The Morgan fingerprint density at radius 1 is 0.400 bits per heavy atom. The number of hydrogen-bond acceptors (Lipinski definition) is 4. The molecule has 0 amide bonds. The molecule has 0 N–H and O–H groups in total. The molecule has 0 unspecified atom stereocenters. The summed E-state index contributed by atoms with van der Waals surface area (Å²) in [6.07, 6.45) is 40.5. The van der Waals surface area contributed by atoms with Crippen molar-refractivity contribution in [2.75, 3.05) is 5.33 Å². The first-order chi connectivity index (χ1) is 27.2. The van der Waals surface area contributed by atoms with Gasteiger partial charge in [0.05, 0.1) is 0 Å². The number of unbranched alkanes of at least 4 members (excludes halogenated alkanes) is 22. The molecule has 308 valence electrons. The highest BCUT2D eigenvalue weighted by Crippen LogP contribution is 2.48. The minimum atomic E-state index is 1.16. The molecule has 5 heteroatoms. The van der Waals surface area contributed by atoms with Crippen LogP contribution in [-0.4, -0.2) is 5.33 Å². The zero-order chi connectivity index (χ0) is 38.8. The molecule has 0 spiro atoms. The highest BCUT2D eigenvalue weighted by atomic mass is 79.9. The number of hydrogen-bond donors (Lipinski definition) is 0. The first-order valence-electron chi connectivity index (χ1n) is 23.1. The molecule has 0 radical (unpaired) electrons. The van der Waals surface area contributed by atoms with Crippen LogP contribution in [0.5, 0.6) is 0 Å².